The third-order valence-electron chi connectivity index (χ3n) is 4.93. The average molecular weight is 445 g/mol. The molecule has 3 rings (SSSR count). The van der Waals surface area contributed by atoms with Crippen LogP contribution in [-0.4, -0.2) is 0 Å². The van der Waals surface area contributed by atoms with Crippen LogP contribution in [0.15, 0.2) is 71.2 Å². The van der Waals surface area contributed by atoms with Gasteiger partial charge in [0.2, 0.25) is 0 Å². The summed E-state index contributed by atoms with van der Waals surface area (Å²) in [7, 11) is 0. The molecule has 0 unspecified atom stereocenters. The zero-order valence-corrected chi connectivity index (χ0v) is 17.6. The van der Waals surface area contributed by atoms with E-state index in [4.69, 9.17) is 4.74 Å². The van der Waals surface area contributed by atoms with Crippen LogP contribution in [0.1, 0.15) is 37.8 Å². The number of halogens is 3. The zero-order valence-electron chi connectivity index (χ0n) is 16.0. The quantitative estimate of drug-likeness (QED) is 0.360. The first-order valence-corrected chi connectivity index (χ1v) is 10.1. The van der Waals surface area contributed by atoms with Crippen LogP contribution in [0.2, 0.25) is 0 Å². The van der Waals surface area contributed by atoms with Gasteiger partial charge in [-0.15, -0.1) is 0 Å². The molecule has 146 valence electrons. The molecule has 4 heteroatoms. The van der Waals surface area contributed by atoms with Crippen LogP contribution in [-0.2, 0) is 11.8 Å². The third kappa shape index (κ3) is 5.20. The molecule has 0 atom stereocenters. The lowest BCUT2D eigenvalue weighted by Gasteiger charge is -2.25. The van der Waals surface area contributed by atoms with Crippen molar-refractivity contribution in [2.24, 2.45) is 0 Å². The highest BCUT2D eigenvalue weighted by Crippen LogP contribution is 2.32. The number of para-hydroxylation sites is 1. The predicted molar refractivity (Wildman–Crippen MR) is 113 cm³/mol. The van der Waals surface area contributed by atoms with Gasteiger partial charge in [-0.1, -0.05) is 44.2 Å². The Morgan fingerprint density at radius 3 is 2.32 bits per heavy atom. The summed E-state index contributed by atoms with van der Waals surface area (Å²) in [4.78, 5) is 0. The van der Waals surface area contributed by atoms with Crippen LogP contribution in [0, 0.1) is 11.6 Å². The molecule has 0 fully saturated rings. The molecule has 0 N–H and O–H groups in total. The van der Waals surface area contributed by atoms with Crippen molar-refractivity contribution in [2.45, 2.75) is 38.5 Å². The van der Waals surface area contributed by atoms with Crippen molar-refractivity contribution in [3.8, 4) is 11.5 Å². The second kappa shape index (κ2) is 8.87. The van der Waals surface area contributed by atoms with E-state index in [1.807, 2.05) is 30.3 Å². The van der Waals surface area contributed by atoms with Gasteiger partial charge in [-0.25, -0.2) is 8.78 Å². The second-order valence-electron chi connectivity index (χ2n) is 7.55. The lowest BCUT2D eigenvalue weighted by Crippen LogP contribution is -2.17. The number of hydrogen-bond donors (Lipinski definition) is 0. The van der Waals surface area contributed by atoms with Crippen molar-refractivity contribution >= 4 is 15.9 Å². The number of rotatable bonds is 7. The standard InChI is InChI=1S/C24H23BrF2O/c1-24(2,18-11-13-21(26)20(25)16-18)14-6-7-17-10-12-22(27)23(15-17)28-19-8-4-3-5-9-19/h3-5,8-13,15-16H,6-7,14H2,1-2H3. The zero-order chi connectivity index (χ0) is 20.1. The van der Waals surface area contributed by atoms with E-state index in [1.165, 1.54) is 12.1 Å². The van der Waals surface area contributed by atoms with Crippen molar-refractivity contribution in [1.29, 1.82) is 0 Å². The van der Waals surface area contributed by atoms with E-state index in [1.54, 1.807) is 24.3 Å². The number of benzene rings is 3. The number of hydrogen-bond acceptors (Lipinski definition) is 1. The maximum absolute atomic E-state index is 14.1. The van der Waals surface area contributed by atoms with Gasteiger partial charge in [0.05, 0.1) is 4.47 Å². The maximum atomic E-state index is 14.1. The van der Waals surface area contributed by atoms with Crippen LogP contribution in [0.5, 0.6) is 11.5 Å². The lowest BCUT2D eigenvalue weighted by atomic mass is 9.80. The van der Waals surface area contributed by atoms with Crippen LogP contribution >= 0.6 is 15.9 Å². The summed E-state index contributed by atoms with van der Waals surface area (Å²) in [6.07, 6.45) is 2.67. The first-order valence-electron chi connectivity index (χ1n) is 9.32. The molecule has 28 heavy (non-hydrogen) atoms. The molecule has 0 aliphatic heterocycles. The molecular formula is C24H23BrF2O. The van der Waals surface area contributed by atoms with Gasteiger partial charge in [-0.05, 0) is 88.1 Å². The minimum absolute atomic E-state index is 0.0837. The highest BCUT2D eigenvalue weighted by atomic mass is 79.9. The highest BCUT2D eigenvalue weighted by molar-refractivity contribution is 9.10. The fourth-order valence-corrected chi connectivity index (χ4v) is 3.57. The second-order valence-corrected chi connectivity index (χ2v) is 8.40. The first kappa shape index (κ1) is 20.5. The monoisotopic (exact) mass is 444 g/mol. The van der Waals surface area contributed by atoms with E-state index in [0.29, 0.717) is 10.2 Å². The Morgan fingerprint density at radius 2 is 1.61 bits per heavy atom. The SMILES string of the molecule is CC(C)(CCCc1ccc(F)c(Oc2ccccc2)c1)c1ccc(F)c(Br)c1. The third-order valence-corrected chi connectivity index (χ3v) is 5.54. The van der Waals surface area contributed by atoms with E-state index in [9.17, 15) is 8.78 Å². The Morgan fingerprint density at radius 1 is 0.893 bits per heavy atom. The summed E-state index contributed by atoms with van der Waals surface area (Å²) in [5, 5.41) is 0. The number of aryl methyl sites for hydroxylation is 1. The van der Waals surface area contributed by atoms with Crippen molar-refractivity contribution in [3.63, 3.8) is 0 Å². The Kier molecular flexibility index (Phi) is 6.50. The Bertz CT molecular complexity index is 939. The fourth-order valence-electron chi connectivity index (χ4n) is 3.19. The van der Waals surface area contributed by atoms with Crippen molar-refractivity contribution in [1.82, 2.24) is 0 Å². The molecule has 0 saturated heterocycles. The van der Waals surface area contributed by atoms with E-state index in [0.717, 1.165) is 30.4 Å². The van der Waals surface area contributed by atoms with Crippen molar-refractivity contribution < 1.29 is 13.5 Å². The normalized spacial score (nSPS) is 11.5. The largest absolute Gasteiger partial charge is 0.454 e. The summed E-state index contributed by atoms with van der Waals surface area (Å²) >= 11 is 3.26. The molecule has 0 saturated carbocycles. The molecule has 0 heterocycles. The highest BCUT2D eigenvalue weighted by Gasteiger charge is 2.21. The predicted octanol–water partition coefficient (Wildman–Crippen LogP) is 7.82. The molecule has 0 aromatic heterocycles. The van der Waals surface area contributed by atoms with Gasteiger partial charge in [0.25, 0.3) is 0 Å². The smallest absolute Gasteiger partial charge is 0.165 e. The first-order chi connectivity index (χ1) is 13.3. The minimum Gasteiger partial charge on any atom is -0.454 e. The van der Waals surface area contributed by atoms with Crippen LogP contribution in [0.25, 0.3) is 0 Å². The summed E-state index contributed by atoms with van der Waals surface area (Å²) in [5.74, 6) is 0.230. The van der Waals surface area contributed by atoms with Crippen molar-refractivity contribution in [3.05, 3.63) is 94.0 Å². The van der Waals surface area contributed by atoms with E-state index in [-0.39, 0.29) is 22.8 Å². The molecule has 3 aromatic carbocycles. The van der Waals surface area contributed by atoms with Crippen LogP contribution < -0.4 is 4.74 Å². The molecule has 0 amide bonds. The van der Waals surface area contributed by atoms with Crippen LogP contribution in [0.3, 0.4) is 0 Å². The van der Waals surface area contributed by atoms with Gasteiger partial charge in [0.15, 0.2) is 11.6 Å². The minimum atomic E-state index is -0.371. The molecule has 0 bridgehead atoms. The lowest BCUT2D eigenvalue weighted by molar-refractivity contribution is 0.439. The Labute approximate surface area is 173 Å². The molecule has 0 spiro atoms. The Balaban J connectivity index is 1.64. The van der Waals surface area contributed by atoms with Gasteiger partial charge in [0, 0.05) is 0 Å². The van der Waals surface area contributed by atoms with E-state index < -0.39 is 0 Å². The van der Waals surface area contributed by atoms with E-state index >= 15 is 0 Å². The molecule has 0 aliphatic carbocycles. The molecule has 0 aliphatic rings. The summed E-state index contributed by atoms with van der Waals surface area (Å²) in [6, 6.07) is 19.4. The maximum Gasteiger partial charge on any atom is 0.165 e. The fraction of sp³-hybridized carbons (Fsp3) is 0.250. The van der Waals surface area contributed by atoms with Gasteiger partial charge in [-0.2, -0.15) is 0 Å². The summed E-state index contributed by atoms with van der Waals surface area (Å²) in [5.41, 5.74) is 2.04. The molecule has 1 nitrogen and oxygen atoms in total. The Hall–Kier alpha value is -2.20. The van der Waals surface area contributed by atoms with Gasteiger partial charge < -0.3 is 4.74 Å². The summed E-state index contributed by atoms with van der Waals surface area (Å²) in [6.45, 7) is 4.31. The van der Waals surface area contributed by atoms with E-state index in [2.05, 4.69) is 29.8 Å². The summed E-state index contributed by atoms with van der Waals surface area (Å²) < 4.78 is 33.8. The van der Waals surface area contributed by atoms with Gasteiger partial charge in [0.1, 0.15) is 11.6 Å². The topological polar surface area (TPSA) is 9.23 Å². The molecule has 0 radical (unpaired) electrons. The van der Waals surface area contributed by atoms with Crippen molar-refractivity contribution in [2.75, 3.05) is 0 Å². The average Bonchev–Trinajstić information content (AvgIpc) is 2.67. The van der Waals surface area contributed by atoms with Crippen LogP contribution in [0.4, 0.5) is 8.78 Å². The molecule has 3 aromatic rings. The molecular weight excluding hydrogens is 422 g/mol. The van der Waals surface area contributed by atoms with Gasteiger partial charge in [-0.3, -0.25) is 0 Å². The number of ether oxygens (including phenoxy) is 1. The van der Waals surface area contributed by atoms with Gasteiger partial charge >= 0.3 is 0 Å².